The first-order valence-corrected chi connectivity index (χ1v) is 8.86. The highest BCUT2D eigenvalue weighted by atomic mass is 79.9. The Morgan fingerprint density at radius 2 is 2.25 bits per heavy atom. The number of halogens is 1. The summed E-state index contributed by atoms with van der Waals surface area (Å²) in [5.41, 5.74) is 1.12. The molecule has 1 amide bonds. The van der Waals surface area contributed by atoms with Crippen LogP contribution in [0.4, 0.5) is 0 Å². The lowest BCUT2D eigenvalue weighted by Gasteiger charge is -2.22. The zero-order chi connectivity index (χ0) is 14.4. The second-order valence-corrected chi connectivity index (χ2v) is 7.31. The third-order valence-corrected chi connectivity index (χ3v) is 5.33. The van der Waals surface area contributed by atoms with Crippen molar-refractivity contribution in [3.05, 3.63) is 34.3 Å². The molecule has 1 aromatic carbocycles. The minimum Gasteiger partial charge on any atom is -0.349 e. The van der Waals surface area contributed by atoms with Crippen LogP contribution in [-0.2, 0) is 4.79 Å². The highest BCUT2D eigenvalue weighted by Gasteiger charge is 2.16. The van der Waals surface area contributed by atoms with Crippen molar-refractivity contribution in [3.63, 3.8) is 0 Å². The summed E-state index contributed by atoms with van der Waals surface area (Å²) in [5, 5.41) is 7.04. The molecule has 3 nitrogen and oxygen atoms in total. The largest absolute Gasteiger partial charge is 0.349 e. The van der Waals surface area contributed by atoms with Crippen LogP contribution in [0.3, 0.4) is 0 Å². The summed E-state index contributed by atoms with van der Waals surface area (Å²) < 4.78 is 1.04. The van der Waals surface area contributed by atoms with Crippen molar-refractivity contribution in [2.45, 2.75) is 31.1 Å². The molecule has 1 atom stereocenters. The SMILES string of the molecule is C[C@@H](NC(=O)CSC1CCNCC1)c1cccc(Br)c1. The van der Waals surface area contributed by atoms with Crippen LogP contribution in [0.2, 0.25) is 0 Å². The zero-order valence-electron chi connectivity index (χ0n) is 11.7. The average molecular weight is 357 g/mol. The molecule has 0 unspecified atom stereocenters. The number of piperidine rings is 1. The van der Waals surface area contributed by atoms with Gasteiger partial charge in [0.15, 0.2) is 0 Å². The normalized spacial score (nSPS) is 17.7. The van der Waals surface area contributed by atoms with Crippen molar-refractivity contribution < 1.29 is 4.79 Å². The van der Waals surface area contributed by atoms with Gasteiger partial charge in [-0.05, 0) is 50.6 Å². The Kier molecular flexibility index (Phi) is 6.39. The molecular weight excluding hydrogens is 336 g/mol. The lowest BCUT2D eigenvalue weighted by atomic mass is 10.1. The van der Waals surface area contributed by atoms with Crippen LogP contribution in [0.15, 0.2) is 28.7 Å². The third kappa shape index (κ3) is 5.11. The number of thioether (sulfide) groups is 1. The number of rotatable bonds is 5. The average Bonchev–Trinajstić information content (AvgIpc) is 2.46. The molecular formula is C15H21BrN2OS. The van der Waals surface area contributed by atoms with Gasteiger partial charge in [-0.2, -0.15) is 0 Å². The zero-order valence-corrected chi connectivity index (χ0v) is 14.1. The number of benzene rings is 1. The molecule has 0 bridgehead atoms. The Balaban J connectivity index is 1.76. The molecule has 110 valence electrons. The van der Waals surface area contributed by atoms with Crippen molar-refractivity contribution in [1.82, 2.24) is 10.6 Å². The van der Waals surface area contributed by atoms with Crippen molar-refractivity contribution in [3.8, 4) is 0 Å². The van der Waals surface area contributed by atoms with E-state index >= 15 is 0 Å². The maximum atomic E-state index is 12.0. The summed E-state index contributed by atoms with van der Waals surface area (Å²) in [4.78, 5) is 12.0. The summed E-state index contributed by atoms with van der Waals surface area (Å²) in [7, 11) is 0. The van der Waals surface area contributed by atoms with Crippen LogP contribution in [0.1, 0.15) is 31.4 Å². The van der Waals surface area contributed by atoms with E-state index in [0.29, 0.717) is 11.0 Å². The van der Waals surface area contributed by atoms with Gasteiger partial charge in [0, 0.05) is 9.72 Å². The van der Waals surface area contributed by atoms with E-state index in [2.05, 4.69) is 26.6 Å². The molecule has 1 fully saturated rings. The molecule has 20 heavy (non-hydrogen) atoms. The molecule has 1 saturated heterocycles. The second-order valence-electron chi connectivity index (χ2n) is 5.10. The molecule has 1 aliphatic rings. The van der Waals surface area contributed by atoms with Gasteiger partial charge in [-0.1, -0.05) is 28.1 Å². The number of amides is 1. The number of nitrogens with one attached hydrogen (secondary N) is 2. The van der Waals surface area contributed by atoms with E-state index in [1.165, 1.54) is 12.8 Å². The van der Waals surface area contributed by atoms with Crippen LogP contribution >= 0.6 is 27.7 Å². The van der Waals surface area contributed by atoms with Gasteiger partial charge in [0.25, 0.3) is 0 Å². The highest BCUT2D eigenvalue weighted by Crippen LogP contribution is 2.21. The molecule has 0 saturated carbocycles. The van der Waals surface area contributed by atoms with Gasteiger partial charge in [0.05, 0.1) is 11.8 Å². The van der Waals surface area contributed by atoms with E-state index in [1.807, 2.05) is 31.2 Å². The van der Waals surface area contributed by atoms with Crippen molar-refractivity contribution in [1.29, 1.82) is 0 Å². The predicted molar refractivity (Wildman–Crippen MR) is 89.0 cm³/mol. The van der Waals surface area contributed by atoms with Crippen LogP contribution in [0.5, 0.6) is 0 Å². The first-order valence-electron chi connectivity index (χ1n) is 7.02. The maximum Gasteiger partial charge on any atom is 0.230 e. The van der Waals surface area contributed by atoms with E-state index in [1.54, 1.807) is 11.8 Å². The van der Waals surface area contributed by atoms with Gasteiger partial charge >= 0.3 is 0 Å². The second kappa shape index (κ2) is 8.05. The van der Waals surface area contributed by atoms with Gasteiger partial charge in [-0.3, -0.25) is 4.79 Å². The minimum atomic E-state index is 0.0497. The molecule has 0 aromatic heterocycles. The molecule has 1 aliphatic heterocycles. The Labute approximate surface area is 133 Å². The van der Waals surface area contributed by atoms with E-state index in [9.17, 15) is 4.79 Å². The maximum absolute atomic E-state index is 12.0. The Bertz CT molecular complexity index is 449. The van der Waals surface area contributed by atoms with E-state index in [-0.39, 0.29) is 11.9 Å². The molecule has 0 aliphatic carbocycles. The summed E-state index contributed by atoms with van der Waals surface area (Å²) >= 11 is 5.24. The molecule has 5 heteroatoms. The van der Waals surface area contributed by atoms with Crippen molar-refractivity contribution >= 4 is 33.6 Å². The van der Waals surface area contributed by atoms with Gasteiger partial charge < -0.3 is 10.6 Å². The molecule has 1 heterocycles. The fraction of sp³-hybridized carbons (Fsp3) is 0.533. The predicted octanol–water partition coefficient (Wildman–Crippen LogP) is 3.11. The number of hydrogen-bond donors (Lipinski definition) is 2. The van der Waals surface area contributed by atoms with Crippen molar-refractivity contribution in [2.75, 3.05) is 18.8 Å². The standard InChI is InChI=1S/C15H21BrN2OS/c1-11(12-3-2-4-13(16)9-12)18-15(19)10-20-14-5-7-17-8-6-14/h2-4,9,11,14,17H,5-8,10H2,1H3,(H,18,19)/t11-/m1/s1. The van der Waals surface area contributed by atoms with Crippen LogP contribution in [-0.4, -0.2) is 30.0 Å². The number of carbonyl (C=O) groups is 1. The first kappa shape index (κ1) is 15.9. The number of hydrogen-bond acceptors (Lipinski definition) is 3. The van der Waals surface area contributed by atoms with Crippen molar-refractivity contribution in [2.24, 2.45) is 0 Å². The van der Waals surface area contributed by atoms with Gasteiger partial charge in [-0.25, -0.2) is 0 Å². The Morgan fingerprint density at radius 3 is 2.95 bits per heavy atom. The molecule has 0 radical (unpaired) electrons. The van der Waals surface area contributed by atoms with E-state index in [0.717, 1.165) is 23.1 Å². The highest BCUT2D eigenvalue weighted by molar-refractivity contribution is 9.10. The molecule has 2 rings (SSSR count). The number of carbonyl (C=O) groups excluding carboxylic acids is 1. The lowest BCUT2D eigenvalue weighted by molar-refractivity contribution is -0.119. The monoisotopic (exact) mass is 356 g/mol. The molecule has 0 spiro atoms. The fourth-order valence-corrected chi connectivity index (χ4v) is 3.75. The topological polar surface area (TPSA) is 41.1 Å². The first-order chi connectivity index (χ1) is 9.65. The minimum absolute atomic E-state index is 0.0497. The summed E-state index contributed by atoms with van der Waals surface area (Å²) in [6, 6.07) is 8.12. The van der Waals surface area contributed by atoms with Gasteiger partial charge in [0.2, 0.25) is 5.91 Å². The third-order valence-electron chi connectivity index (χ3n) is 3.46. The summed E-state index contributed by atoms with van der Waals surface area (Å²) in [6.07, 6.45) is 2.33. The van der Waals surface area contributed by atoms with Crippen LogP contribution in [0.25, 0.3) is 0 Å². The molecule has 1 aromatic rings. The smallest absolute Gasteiger partial charge is 0.230 e. The molecule has 2 N–H and O–H groups in total. The fourth-order valence-electron chi connectivity index (χ4n) is 2.30. The quantitative estimate of drug-likeness (QED) is 0.851. The Morgan fingerprint density at radius 1 is 1.50 bits per heavy atom. The van der Waals surface area contributed by atoms with Crippen LogP contribution in [0, 0.1) is 0 Å². The lowest BCUT2D eigenvalue weighted by Crippen LogP contribution is -2.32. The van der Waals surface area contributed by atoms with E-state index in [4.69, 9.17) is 0 Å². The Hall–Kier alpha value is -0.520. The van der Waals surface area contributed by atoms with Crippen LogP contribution < -0.4 is 10.6 Å². The van der Waals surface area contributed by atoms with E-state index < -0.39 is 0 Å². The summed E-state index contributed by atoms with van der Waals surface area (Å²) in [5.74, 6) is 0.684. The summed E-state index contributed by atoms with van der Waals surface area (Å²) in [6.45, 7) is 4.18. The van der Waals surface area contributed by atoms with Gasteiger partial charge in [-0.15, -0.1) is 11.8 Å². The van der Waals surface area contributed by atoms with Gasteiger partial charge in [0.1, 0.15) is 0 Å².